The summed E-state index contributed by atoms with van der Waals surface area (Å²) in [4.78, 5) is 3.90. The number of aromatic nitrogens is 1. The quantitative estimate of drug-likeness (QED) is 0.801. The van der Waals surface area contributed by atoms with Crippen molar-refractivity contribution >= 4 is 21.6 Å². The normalized spacial score (nSPS) is 13.7. The number of halogens is 1. The third-order valence-corrected chi connectivity index (χ3v) is 3.75. The standard InChI is InChI=1S/C9H13ClN2O2S/c1-2-8(10)6-12-15(13,14)9-4-3-5-11-7-9/h3-5,7-8,12H,2,6H2,1H3. The summed E-state index contributed by atoms with van der Waals surface area (Å²) in [7, 11) is -3.46. The van der Waals surface area contributed by atoms with Gasteiger partial charge in [0.05, 0.1) is 0 Å². The van der Waals surface area contributed by atoms with Crippen LogP contribution in [0.1, 0.15) is 13.3 Å². The van der Waals surface area contributed by atoms with Crippen LogP contribution in [0.5, 0.6) is 0 Å². The van der Waals surface area contributed by atoms with Gasteiger partial charge in [0, 0.05) is 24.3 Å². The van der Waals surface area contributed by atoms with Gasteiger partial charge in [-0.1, -0.05) is 6.92 Å². The van der Waals surface area contributed by atoms with Gasteiger partial charge in [0.25, 0.3) is 0 Å². The molecular formula is C9H13ClN2O2S. The zero-order valence-corrected chi connectivity index (χ0v) is 9.92. The maximum atomic E-state index is 11.6. The summed E-state index contributed by atoms with van der Waals surface area (Å²) >= 11 is 5.82. The van der Waals surface area contributed by atoms with Crippen molar-refractivity contribution in [3.63, 3.8) is 0 Å². The first-order chi connectivity index (χ1) is 7.06. The average molecular weight is 249 g/mol. The summed E-state index contributed by atoms with van der Waals surface area (Å²) in [6.07, 6.45) is 3.55. The molecular weight excluding hydrogens is 236 g/mol. The third-order valence-electron chi connectivity index (χ3n) is 1.88. The number of sulfonamides is 1. The number of hydrogen-bond donors (Lipinski definition) is 1. The summed E-state index contributed by atoms with van der Waals surface area (Å²) in [5.74, 6) is 0. The number of rotatable bonds is 5. The van der Waals surface area contributed by atoms with Gasteiger partial charge in [0.1, 0.15) is 4.90 Å². The van der Waals surface area contributed by atoms with Crippen molar-refractivity contribution in [1.29, 1.82) is 0 Å². The van der Waals surface area contributed by atoms with E-state index in [0.29, 0.717) is 0 Å². The number of alkyl halides is 1. The van der Waals surface area contributed by atoms with Gasteiger partial charge in [-0.25, -0.2) is 13.1 Å². The Morgan fingerprint density at radius 1 is 1.60 bits per heavy atom. The molecule has 0 aliphatic carbocycles. The highest BCUT2D eigenvalue weighted by Gasteiger charge is 2.14. The van der Waals surface area contributed by atoms with Crippen molar-refractivity contribution in [3.8, 4) is 0 Å². The van der Waals surface area contributed by atoms with Gasteiger partial charge in [-0.2, -0.15) is 0 Å². The first-order valence-electron chi connectivity index (χ1n) is 4.60. The fourth-order valence-electron chi connectivity index (χ4n) is 0.934. The molecule has 6 heteroatoms. The van der Waals surface area contributed by atoms with Crippen LogP contribution in [0.15, 0.2) is 29.4 Å². The van der Waals surface area contributed by atoms with Crippen molar-refractivity contribution < 1.29 is 8.42 Å². The molecule has 1 rings (SSSR count). The Morgan fingerprint density at radius 3 is 2.87 bits per heavy atom. The van der Waals surface area contributed by atoms with Crippen LogP contribution >= 0.6 is 11.6 Å². The van der Waals surface area contributed by atoms with Crippen LogP contribution in [0, 0.1) is 0 Å². The third kappa shape index (κ3) is 3.77. The largest absolute Gasteiger partial charge is 0.263 e. The summed E-state index contributed by atoms with van der Waals surface area (Å²) in [5, 5.41) is -0.184. The number of pyridine rings is 1. The smallest absolute Gasteiger partial charge is 0.242 e. The highest BCUT2D eigenvalue weighted by Crippen LogP contribution is 2.06. The first-order valence-corrected chi connectivity index (χ1v) is 6.52. The second kappa shape index (κ2) is 5.44. The molecule has 15 heavy (non-hydrogen) atoms. The summed E-state index contributed by atoms with van der Waals surface area (Å²) in [6.45, 7) is 2.13. The predicted octanol–water partition coefficient (Wildman–Crippen LogP) is 1.38. The Balaban J connectivity index is 2.69. The zero-order valence-electron chi connectivity index (χ0n) is 8.35. The summed E-state index contributed by atoms with van der Waals surface area (Å²) < 4.78 is 25.7. The molecule has 0 spiro atoms. The van der Waals surface area contributed by atoms with Gasteiger partial charge in [-0.15, -0.1) is 11.6 Å². The van der Waals surface area contributed by atoms with Gasteiger partial charge in [-0.3, -0.25) is 4.98 Å². The number of nitrogens with zero attached hydrogens (tertiary/aromatic N) is 1. The van der Waals surface area contributed by atoms with E-state index in [4.69, 9.17) is 11.6 Å². The Labute approximate surface area is 94.7 Å². The minimum atomic E-state index is -3.46. The molecule has 0 aliphatic heterocycles. The number of hydrogen-bond acceptors (Lipinski definition) is 3. The van der Waals surface area contributed by atoms with Crippen molar-refractivity contribution in [1.82, 2.24) is 9.71 Å². The van der Waals surface area contributed by atoms with Crippen LogP contribution in [-0.2, 0) is 10.0 Å². The SMILES string of the molecule is CCC(Cl)CNS(=O)(=O)c1cccnc1. The topological polar surface area (TPSA) is 59.1 Å². The van der Waals surface area contributed by atoms with E-state index in [1.807, 2.05) is 6.92 Å². The molecule has 1 heterocycles. The second-order valence-corrected chi connectivity index (χ2v) is 5.43. The summed E-state index contributed by atoms with van der Waals surface area (Å²) in [5.41, 5.74) is 0. The van der Waals surface area contributed by atoms with E-state index in [9.17, 15) is 8.42 Å². The fourth-order valence-corrected chi connectivity index (χ4v) is 2.15. The lowest BCUT2D eigenvalue weighted by Gasteiger charge is -2.08. The fraction of sp³-hybridized carbons (Fsp3) is 0.444. The minimum Gasteiger partial charge on any atom is -0.263 e. The highest BCUT2D eigenvalue weighted by molar-refractivity contribution is 7.89. The van der Waals surface area contributed by atoms with Crippen molar-refractivity contribution in [2.45, 2.75) is 23.6 Å². The Morgan fingerprint density at radius 2 is 2.33 bits per heavy atom. The number of nitrogens with one attached hydrogen (secondary N) is 1. The lowest BCUT2D eigenvalue weighted by molar-refractivity contribution is 0.578. The molecule has 1 atom stereocenters. The van der Waals surface area contributed by atoms with Crippen LogP contribution in [0.4, 0.5) is 0 Å². The molecule has 1 aromatic heterocycles. The molecule has 1 aromatic rings. The average Bonchev–Trinajstić information content (AvgIpc) is 2.27. The van der Waals surface area contributed by atoms with Gasteiger partial charge >= 0.3 is 0 Å². The van der Waals surface area contributed by atoms with Crippen molar-refractivity contribution in [2.24, 2.45) is 0 Å². The lowest BCUT2D eigenvalue weighted by atomic mass is 10.3. The van der Waals surface area contributed by atoms with Crippen LogP contribution in [-0.4, -0.2) is 25.3 Å². The molecule has 0 saturated carbocycles. The molecule has 1 unspecified atom stereocenters. The van der Waals surface area contributed by atoms with Gasteiger partial charge in [0.15, 0.2) is 0 Å². The van der Waals surface area contributed by atoms with E-state index in [-0.39, 0.29) is 16.8 Å². The van der Waals surface area contributed by atoms with Gasteiger partial charge in [-0.05, 0) is 18.6 Å². The maximum Gasteiger partial charge on any atom is 0.242 e. The molecule has 4 nitrogen and oxygen atoms in total. The van der Waals surface area contributed by atoms with Crippen molar-refractivity contribution in [2.75, 3.05) is 6.54 Å². The molecule has 84 valence electrons. The maximum absolute atomic E-state index is 11.6. The lowest BCUT2D eigenvalue weighted by Crippen LogP contribution is -2.29. The monoisotopic (exact) mass is 248 g/mol. The molecule has 0 amide bonds. The van der Waals surface area contributed by atoms with E-state index in [0.717, 1.165) is 6.42 Å². The molecule has 0 bridgehead atoms. The molecule has 0 aliphatic rings. The van der Waals surface area contributed by atoms with E-state index in [1.54, 1.807) is 6.07 Å². The molecule has 0 radical (unpaired) electrons. The van der Waals surface area contributed by atoms with Crippen molar-refractivity contribution in [3.05, 3.63) is 24.5 Å². The zero-order chi connectivity index (χ0) is 11.3. The Bertz CT molecular complexity index is 394. The first kappa shape index (κ1) is 12.4. The van der Waals surface area contributed by atoms with E-state index < -0.39 is 10.0 Å². The van der Waals surface area contributed by atoms with E-state index >= 15 is 0 Å². The molecule has 0 saturated heterocycles. The second-order valence-electron chi connectivity index (χ2n) is 3.05. The van der Waals surface area contributed by atoms with Gasteiger partial charge in [0.2, 0.25) is 10.0 Å². The predicted molar refractivity (Wildman–Crippen MR) is 59.4 cm³/mol. The van der Waals surface area contributed by atoms with Crippen LogP contribution in [0.2, 0.25) is 0 Å². The molecule has 0 aromatic carbocycles. The Kier molecular flexibility index (Phi) is 4.50. The molecule has 0 fully saturated rings. The van der Waals surface area contributed by atoms with E-state index in [2.05, 4.69) is 9.71 Å². The van der Waals surface area contributed by atoms with E-state index in [1.165, 1.54) is 18.5 Å². The van der Waals surface area contributed by atoms with Crippen LogP contribution in [0.25, 0.3) is 0 Å². The highest BCUT2D eigenvalue weighted by atomic mass is 35.5. The minimum absolute atomic E-state index is 0.157. The molecule has 1 N–H and O–H groups in total. The van der Waals surface area contributed by atoms with Crippen LogP contribution < -0.4 is 4.72 Å². The van der Waals surface area contributed by atoms with Gasteiger partial charge < -0.3 is 0 Å². The summed E-state index contributed by atoms with van der Waals surface area (Å²) in [6, 6.07) is 3.07. The van der Waals surface area contributed by atoms with Crippen LogP contribution in [0.3, 0.4) is 0 Å². The Hall–Kier alpha value is -0.650.